The summed E-state index contributed by atoms with van der Waals surface area (Å²) in [6.45, 7) is 7.31. The third kappa shape index (κ3) is 8.28. The number of hydrogen-bond acceptors (Lipinski definition) is 0. The van der Waals surface area contributed by atoms with Crippen molar-refractivity contribution in [3.8, 4) is 11.1 Å². The Labute approximate surface area is 331 Å². The molecule has 8 rings (SSSR count). The molecule has 0 bridgehead atoms. The van der Waals surface area contributed by atoms with Crippen molar-refractivity contribution < 1.29 is 21.3 Å². The van der Waals surface area contributed by atoms with Gasteiger partial charge < -0.3 is 0 Å². The summed E-state index contributed by atoms with van der Waals surface area (Å²) in [5.41, 5.74) is 16.3. The first-order chi connectivity index (χ1) is 26.5. The van der Waals surface area contributed by atoms with Gasteiger partial charge in [0.1, 0.15) is 0 Å². The Balaban J connectivity index is 1.30. The molecule has 0 radical (unpaired) electrons. The van der Waals surface area contributed by atoms with Crippen LogP contribution in [0.25, 0.3) is 11.1 Å². The van der Waals surface area contributed by atoms with Gasteiger partial charge in [0.25, 0.3) is 0 Å². The van der Waals surface area contributed by atoms with Crippen molar-refractivity contribution >= 4 is 6.48 Å². The minimum atomic E-state index is -2.70. The molecule has 6 aromatic carbocycles. The Morgan fingerprint density at radius 1 is 0.593 bits per heavy atom. The van der Waals surface area contributed by atoms with Crippen LogP contribution in [0.1, 0.15) is 70.3 Å². The molecule has 0 saturated heterocycles. The van der Waals surface area contributed by atoms with Gasteiger partial charge in [0.05, 0.1) is 0 Å². The zero-order chi connectivity index (χ0) is 36.9. The molecule has 0 amide bonds. The van der Waals surface area contributed by atoms with Crippen molar-refractivity contribution in [1.82, 2.24) is 0 Å². The standard InChI is InChI=1S/C33H33.C15H14.C5H5.Zr/c1-23(16-26-10-6-4-7-11-26)24(2)17-28-14-15-32-31(20-28)21-30-18-25(3)29(22-33(30)32)19-27-12-8-5-9-13-27;1-3-8-14(9-4-1)12-7-13-15-10-5-2-6-11-15;1-2-4-5-3-1;/h4-15,18,22-24H,16-17,19,21H2,1-3H3;1-6,8-11H,12-13H2;1-3H,4H2;. The van der Waals surface area contributed by atoms with Gasteiger partial charge in [-0.25, -0.2) is 0 Å². The average Bonchev–Trinajstić information content (AvgIpc) is 3.86. The van der Waals surface area contributed by atoms with E-state index in [0.717, 1.165) is 44.9 Å². The summed E-state index contributed by atoms with van der Waals surface area (Å²) in [6.07, 6.45) is 14.8. The molecule has 0 nitrogen and oxygen atoms in total. The average molecular weight is 780 g/mol. The fourth-order valence-electron chi connectivity index (χ4n) is 8.88. The van der Waals surface area contributed by atoms with Crippen molar-refractivity contribution in [3.05, 3.63) is 217 Å². The summed E-state index contributed by atoms with van der Waals surface area (Å²) in [5, 5.41) is 0. The molecule has 268 valence electrons. The Morgan fingerprint density at radius 3 is 1.76 bits per heavy atom. The Hall–Kier alpha value is -4.45. The van der Waals surface area contributed by atoms with E-state index >= 15 is 0 Å². The number of allylic oxidation sites excluding steroid dienone is 4. The van der Waals surface area contributed by atoms with E-state index in [-0.39, 0.29) is 0 Å². The number of benzene rings is 6. The Bertz CT molecular complexity index is 2270. The maximum atomic E-state index is 2.58. The zero-order valence-corrected chi connectivity index (χ0v) is 34.7. The molecule has 0 aromatic heterocycles. The van der Waals surface area contributed by atoms with Gasteiger partial charge in [-0.1, -0.05) is 0 Å². The SMILES string of the molecule is Cc1cc2c(cc1Cc1ccccc1)-c1ccc(CC(C)C(C)Cc3ccccc3)[c]([Zr]([C]3=CC=CC3)=[C](Cc3ccccc3)Cc3ccccc3)c1C2. The van der Waals surface area contributed by atoms with Gasteiger partial charge in [-0.15, -0.1) is 0 Å². The summed E-state index contributed by atoms with van der Waals surface area (Å²) in [4.78, 5) is 0. The van der Waals surface area contributed by atoms with Crippen LogP contribution >= 0.6 is 0 Å². The molecule has 54 heavy (non-hydrogen) atoms. The quantitative estimate of drug-likeness (QED) is 0.109. The zero-order valence-electron chi connectivity index (χ0n) is 32.2. The summed E-state index contributed by atoms with van der Waals surface area (Å²) < 4.78 is 5.31. The summed E-state index contributed by atoms with van der Waals surface area (Å²) >= 11 is -2.70. The first-order valence-corrected chi connectivity index (χ1v) is 23.7. The van der Waals surface area contributed by atoms with Crippen molar-refractivity contribution in [2.24, 2.45) is 11.8 Å². The van der Waals surface area contributed by atoms with E-state index in [0.29, 0.717) is 11.8 Å². The molecule has 0 fully saturated rings. The predicted octanol–water partition coefficient (Wildman–Crippen LogP) is 12.0. The second-order valence-corrected chi connectivity index (χ2v) is 22.3. The van der Waals surface area contributed by atoms with Crippen LogP contribution in [0, 0.1) is 18.8 Å². The van der Waals surface area contributed by atoms with Crippen LogP contribution in [0.5, 0.6) is 0 Å². The third-order valence-corrected chi connectivity index (χ3v) is 19.8. The predicted molar refractivity (Wildman–Crippen MR) is 228 cm³/mol. The van der Waals surface area contributed by atoms with Crippen molar-refractivity contribution in [2.75, 3.05) is 0 Å². The summed E-state index contributed by atoms with van der Waals surface area (Å²) in [7, 11) is 0. The maximum absolute atomic E-state index is 2.70. The van der Waals surface area contributed by atoms with Crippen LogP contribution in [0.4, 0.5) is 0 Å². The van der Waals surface area contributed by atoms with Crippen LogP contribution in [-0.4, -0.2) is 3.21 Å². The molecule has 0 aliphatic heterocycles. The molecular weight excluding hydrogens is 728 g/mol. The van der Waals surface area contributed by atoms with Crippen molar-refractivity contribution in [1.29, 1.82) is 0 Å². The van der Waals surface area contributed by atoms with Crippen molar-refractivity contribution in [2.45, 2.75) is 65.7 Å². The first-order valence-electron chi connectivity index (χ1n) is 20.0. The monoisotopic (exact) mass is 778 g/mol. The summed E-state index contributed by atoms with van der Waals surface area (Å²) in [6, 6.07) is 54.9. The first kappa shape index (κ1) is 36.5. The van der Waals surface area contributed by atoms with Gasteiger partial charge in [-0.05, 0) is 0 Å². The molecule has 2 aliphatic carbocycles. The fourth-order valence-corrected chi connectivity index (χ4v) is 17.5. The van der Waals surface area contributed by atoms with Crippen molar-refractivity contribution in [3.63, 3.8) is 0 Å². The molecule has 0 N–H and O–H groups in total. The number of aryl methyl sites for hydroxylation is 1. The molecule has 0 spiro atoms. The van der Waals surface area contributed by atoms with Gasteiger partial charge in [0.2, 0.25) is 0 Å². The normalized spacial score (nSPS) is 13.9. The molecule has 2 atom stereocenters. The Morgan fingerprint density at radius 2 is 1.17 bits per heavy atom. The molecule has 6 aromatic rings. The molecular formula is C53H52Zr. The number of fused-ring (bicyclic) bond motifs is 3. The van der Waals surface area contributed by atoms with E-state index in [1.807, 2.05) is 0 Å². The number of hydrogen-bond donors (Lipinski definition) is 0. The van der Waals surface area contributed by atoms with Crippen LogP contribution in [0.2, 0.25) is 0 Å². The second kappa shape index (κ2) is 16.9. The van der Waals surface area contributed by atoms with Gasteiger partial charge >= 0.3 is 334 Å². The topological polar surface area (TPSA) is 0 Å². The minimum absolute atomic E-state index is 0.567. The third-order valence-electron chi connectivity index (χ3n) is 12.0. The van der Waals surface area contributed by atoms with E-state index in [1.54, 1.807) is 20.9 Å². The van der Waals surface area contributed by atoms with Gasteiger partial charge in [-0.2, -0.15) is 0 Å². The van der Waals surface area contributed by atoms with Crippen LogP contribution in [0.3, 0.4) is 0 Å². The van der Waals surface area contributed by atoms with E-state index < -0.39 is 21.3 Å². The molecule has 1 heteroatoms. The van der Waals surface area contributed by atoms with Gasteiger partial charge in [0.15, 0.2) is 0 Å². The Kier molecular flexibility index (Phi) is 11.4. The van der Waals surface area contributed by atoms with E-state index in [2.05, 4.69) is 185 Å². The van der Waals surface area contributed by atoms with E-state index in [9.17, 15) is 0 Å². The molecule has 2 aliphatic rings. The van der Waals surface area contributed by atoms with Gasteiger partial charge in [0, 0.05) is 0 Å². The van der Waals surface area contributed by atoms with Crippen LogP contribution < -0.4 is 3.27 Å². The second-order valence-electron chi connectivity index (χ2n) is 15.9. The molecule has 2 unspecified atom stereocenters. The summed E-state index contributed by atoms with van der Waals surface area (Å²) in [5.74, 6) is 1.16. The van der Waals surface area contributed by atoms with Crippen LogP contribution in [-0.2, 0) is 59.8 Å². The fraction of sp³-hybridized carbons (Fsp3) is 0.226. The van der Waals surface area contributed by atoms with Crippen LogP contribution in [0.15, 0.2) is 167 Å². The van der Waals surface area contributed by atoms with E-state index in [4.69, 9.17) is 0 Å². The molecule has 0 heterocycles. The van der Waals surface area contributed by atoms with E-state index in [1.165, 1.54) is 50.1 Å². The number of rotatable bonds is 13. The van der Waals surface area contributed by atoms with Gasteiger partial charge in [-0.3, -0.25) is 0 Å². The molecule has 0 saturated carbocycles.